The van der Waals surface area contributed by atoms with Gasteiger partial charge in [-0.05, 0) is 58.1 Å². The highest BCUT2D eigenvalue weighted by Crippen LogP contribution is 2.34. The Morgan fingerprint density at radius 3 is 2.35 bits per heavy atom. The predicted molar refractivity (Wildman–Crippen MR) is 88.4 cm³/mol. The van der Waals surface area contributed by atoms with Crippen LogP contribution in [0.1, 0.15) is 11.1 Å². The van der Waals surface area contributed by atoms with E-state index in [-0.39, 0.29) is 5.54 Å². The van der Waals surface area contributed by atoms with Crippen LogP contribution in [0.15, 0.2) is 46.9 Å². The fourth-order valence-corrected chi connectivity index (χ4v) is 3.35. The molecule has 1 aliphatic rings. The highest BCUT2D eigenvalue weighted by atomic mass is 79.9. The van der Waals surface area contributed by atoms with Crippen molar-refractivity contribution in [3.8, 4) is 0 Å². The summed E-state index contributed by atoms with van der Waals surface area (Å²) in [5.74, 6) is 0. The van der Waals surface area contributed by atoms with E-state index in [1.165, 1.54) is 11.1 Å². The molecule has 0 heterocycles. The molecule has 20 heavy (non-hydrogen) atoms. The van der Waals surface area contributed by atoms with Crippen LogP contribution in [0.25, 0.3) is 0 Å². The van der Waals surface area contributed by atoms with Crippen molar-refractivity contribution in [3.63, 3.8) is 0 Å². The molecule has 0 fully saturated rings. The molecule has 2 aromatic rings. The quantitative estimate of drug-likeness (QED) is 0.877. The lowest BCUT2D eigenvalue weighted by atomic mass is 9.95. The van der Waals surface area contributed by atoms with Gasteiger partial charge in [-0.3, -0.25) is 0 Å². The average Bonchev–Trinajstić information content (AvgIpc) is 2.81. The van der Waals surface area contributed by atoms with Crippen LogP contribution in [-0.2, 0) is 12.8 Å². The van der Waals surface area contributed by atoms with Crippen LogP contribution in [0.2, 0.25) is 5.02 Å². The molecule has 0 amide bonds. The summed E-state index contributed by atoms with van der Waals surface area (Å²) in [6.07, 6.45) is 1.92. The Morgan fingerprint density at radius 2 is 1.80 bits per heavy atom. The van der Waals surface area contributed by atoms with Gasteiger partial charge in [-0.1, -0.05) is 35.9 Å². The normalized spacial score (nSPS) is 15.9. The number of fused-ring (bicyclic) bond motifs is 1. The van der Waals surface area contributed by atoms with E-state index in [9.17, 15) is 0 Å². The van der Waals surface area contributed by atoms with Crippen molar-refractivity contribution in [2.24, 2.45) is 5.73 Å². The molecular weight excluding hydrogens is 336 g/mol. The van der Waals surface area contributed by atoms with Gasteiger partial charge in [0, 0.05) is 16.7 Å². The fraction of sp³-hybridized carbons (Fsp3) is 0.250. The van der Waals surface area contributed by atoms with Gasteiger partial charge in [-0.2, -0.15) is 0 Å². The zero-order valence-corrected chi connectivity index (χ0v) is 13.3. The Morgan fingerprint density at radius 1 is 1.15 bits per heavy atom. The third-order valence-electron chi connectivity index (χ3n) is 3.90. The van der Waals surface area contributed by atoms with Gasteiger partial charge >= 0.3 is 0 Å². The van der Waals surface area contributed by atoms with Crippen LogP contribution in [0.5, 0.6) is 0 Å². The molecule has 0 saturated carbocycles. The first kappa shape index (κ1) is 13.9. The molecule has 2 nitrogen and oxygen atoms in total. The van der Waals surface area contributed by atoms with E-state index < -0.39 is 0 Å². The number of anilines is 1. The van der Waals surface area contributed by atoms with Crippen molar-refractivity contribution in [3.05, 3.63) is 63.1 Å². The van der Waals surface area contributed by atoms with E-state index in [4.69, 9.17) is 17.3 Å². The van der Waals surface area contributed by atoms with Gasteiger partial charge in [0.2, 0.25) is 0 Å². The van der Waals surface area contributed by atoms with E-state index in [0.717, 1.165) is 23.0 Å². The molecule has 0 aromatic heterocycles. The first-order valence-corrected chi connectivity index (χ1v) is 7.79. The van der Waals surface area contributed by atoms with Gasteiger partial charge in [0.1, 0.15) is 0 Å². The van der Waals surface area contributed by atoms with E-state index in [0.29, 0.717) is 11.6 Å². The summed E-state index contributed by atoms with van der Waals surface area (Å²) in [4.78, 5) is 0. The van der Waals surface area contributed by atoms with Crippen LogP contribution < -0.4 is 11.1 Å². The lowest BCUT2D eigenvalue weighted by molar-refractivity contribution is 0.504. The molecule has 4 heteroatoms. The number of halogens is 2. The predicted octanol–water partition coefficient (Wildman–Crippen LogP) is 4.01. The maximum atomic E-state index is 6.06. The fourth-order valence-electron chi connectivity index (χ4n) is 2.86. The summed E-state index contributed by atoms with van der Waals surface area (Å²) in [5.41, 5.74) is 9.78. The van der Waals surface area contributed by atoms with Crippen molar-refractivity contribution in [1.82, 2.24) is 0 Å². The van der Waals surface area contributed by atoms with Crippen LogP contribution in [0.3, 0.4) is 0 Å². The molecular formula is C16H16BrClN2. The molecule has 3 rings (SSSR count). The van der Waals surface area contributed by atoms with E-state index in [1.54, 1.807) is 0 Å². The number of benzene rings is 2. The van der Waals surface area contributed by atoms with Crippen LogP contribution in [0, 0.1) is 0 Å². The molecule has 0 bridgehead atoms. The maximum Gasteiger partial charge on any atom is 0.0576 e. The van der Waals surface area contributed by atoms with Gasteiger partial charge in [0.15, 0.2) is 0 Å². The average molecular weight is 352 g/mol. The lowest BCUT2D eigenvalue weighted by Gasteiger charge is -2.30. The molecule has 0 spiro atoms. The largest absolute Gasteiger partial charge is 0.378 e. The molecule has 0 atom stereocenters. The Kier molecular flexibility index (Phi) is 3.76. The van der Waals surface area contributed by atoms with Crippen molar-refractivity contribution < 1.29 is 0 Å². The third kappa shape index (κ3) is 2.58. The minimum Gasteiger partial charge on any atom is -0.378 e. The molecule has 0 saturated heterocycles. The van der Waals surface area contributed by atoms with Crippen LogP contribution in [0.4, 0.5) is 5.69 Å². The summed E-state index contributed by atoms with van der Waals surface area (Å²) in [6.45, 7) is 0.599. The minimum absolute atomic E-state index is 0.100. The molecule has 104 valence electrons. The second kappa shape index (κ2) is 5.40. The summed E-state index contributed by atoms with van der Waals surface area (Å²) in [7, 11) is 0. The van der Waals surface area contributed by atoms with E-state index in [1.807, 2.05) is 18.2 Å². The Bertz CT molecular complexity index is 617. The molecule has 0 unspecified atom stereocenters. The number of rotatable bonds is 3. The molecule has 0 aliphatic heterocycles. The minimum atomic E-state index is -0.100. The Labute approximate surface area is 132 Å². The first-order chi connectivity index (χ1) is 9.62. The van der Waals surface area contributed by atoms with Gasteiger partial charge in [0.25, 0.3) is 0 Å². The zero-order valence-electron chi connectivity index (χ0n) is 11.0. The molecule has 2 aromatic carbocycles. The summed E-state index contributed by atoms with van der Waals surface area (Å²) in [5, 5.41) is 4.32. The molecule has 3 N–H and O–H groups in total. The smallest absolute Gasteiger partial charge is 0.0576 e. The Balaban J connectivity index is 1.87. The van der Waals surface area contributed by atoms with Gasteiger partial charge in [-0.15, -0.1) is 0 Å². The summed E-state index contributed by atoms with van der Waals surface area (Å²) < 4.78 is 0.895. The Hall–Kier alpha value is -1.03. The number of nitrogens with two attached hydrogens (primary N) is 1. The lowest BCUT2D eigenvalue weighted by Crippen LogP contribution is -2.46. The maximum absolute atomic E-state index is 6.06. The topological polar surface area (TPSA) is 38.0 Å². The molecule has 0 radical (unpaired) electrons. The number of hydrogen-bond donors (Lipinski definition) is 2. The monoisotopic (exact) mass is 350 g/mol. The summed E-state index contributed by atoms with van der Waals surface area (Å²) in [6, 6.07) is 14.4. The van der Waals surface area contributed by atoms with Crippen molar-refractivity contribution in [2.75, 3.05) is 11.9 Å². The SMILES string of the molecule is NCC1(Nc2ccc(Cl)c(Br)c2)Cc2ccccc2C1. The number of hydrogen-bond acceptors (Lipinski definition) is 2. The first-order valence-electron chi connectivity index (χ1n) is 6.62. The van der Waals surface area contributed by atoms with Gasteiger partial charge in [0.05, 0.1) is 10.6 Å². The van der Waals surface area contributed by atoms with Crippen LogP contribution in [-0.4, -0.2) is 12.1 Å². The summed E-state index contributed by atoms with van der Waals surface area (Å²) >= 11 is 9.50. The van der Waals surface area contributed by atoms with Crippen molar-refractivity contribution in [1.29, 1.82) is 0 Å². The highest BCUT2D eigenvalue weighted by Gasteiger charge is 2.35. The third-order valence-corrected chi connectivity index (χ3v) is 5.11. The zero-order chi connectivity index (χ0) is 14.2. The highest BCUT2D eigenvalue weighted by molar-refractivity contribution is 9.10. The van der Waals surface area contributed by atoms with Crippen molar-refractivity contribution >= 4 is 33.2 Å². The standard InChI is InChI=1S/C16H16BrClN2/c17-14-7-13(5-6-15(14)18)20-16(10-19)8-11-3-1-2-4-12(11)9-16/h1-7,20H,8-10,19H2. The second-order valence-electron chi connectivity index (χ2n) is 5.36. The van der Waals surface area contributed by atoms with Gasteiger partial charge < -0.3 is 11.1 Å². The number of nitrogens with one attached hydrogen (secondary N) is 1. The van der Waals surface area contributed by atoms with E-state index in [2.05, 4.69) is 45.5 Å². The van der Waals surface area contributed by atoms with Crippen LogP contribution >= 0.6 is 27.5 Å². The van der Waals surface area contributed by atoms with Crippen molar-refractivity contribution in [2.45, 2.75) is 18.4 Å². The molecule has 1 aliphatic carbocycles. The van der Waals surface area contributed by atoms with E-state index >= 15 is 0 Å². The van der Waals surface area contributed by atoms with Gasteiger partial charge in [-0.25, -0.2) is 0 Å². The second-order valence-corrected chi connectivity index (χ2v) is 6.62.